The van der Waals surface area contributed by atoms with E-state index >= 15 is 0 Å². The number of carbonyl (C=O) groups excluding carboxylic acids is 1. The van der Waals surface area contributed by atoms with Gasteiger partial charge in [0.2, 0.25) is 23.8 Å². The van der Waals surface area contributed by atoms with Crippen LogP contribution in [0.2, 0.25) is 0 Å². The van der Waals surface area contributed by atoms with E-state index < -0.39 is 12.1 Å². The molecule has 0 spiro atoms. The Labute approximate surface area is 220 Å². The van der Waals surface area contributed by atoms with Crippen LogP contribution in [-0.2, 0) is 4.79 Å². The summed E-state index contributed by atoms with van der Waals surface area (Å²) in [5.74, 6) is 0.621. The van der Waals surface area contributed by atoms with Gasteiger partial charge < -0.3 is 26.2 Å². The Balaban J connectivity index is 1.31. The number of hydrogen-bond acceptors (Lipinski definition) is 11. The lowest BCUT2D eigenvalue weighted by Gasteiger charge is -2.38. The number of nitrogens with zero attached hydrogens (tertiary/aromatic N) is 9. The minimum atomic E-state index is -2.87. The Morgan fingerprint density at radius 1 is 1.05 bits per heavy atom. The summed E-state index contributed by atoms with van der Waals surface area (Å²) in [4.78, 5) is 40.8. The number of alkyl halides is 2. The van der Waals surface area contributed by atoms with E-state index in [1.807, 2.05) is 34.9 Å². The molecule has 2 aliphatic rings. The maximum absolute atomic E-state index is 13.5. The van der Waals surface area contributed by atoms with Gasteiger partial charge >= 0.3 is 0 Å². The first-order valence-electron chi connectivity index (χ1n) is 12.7. The van der Waals surface area contributed by atoms with Gasteiger partial charge in [-0.3, -0.25) is 9.69 Å². The highest BCUT2D eigenvalue weighted by Gasteiger charge is 2.27. The molecule has 4 heterocycles. The zero-order valence-electron chi connectivity index (χ0n) is 21.8. The molecule has 4 rings (SSSR count). The van der Waals surface area contributed by atoms with Crippen molar-refractivity contribution in [3.8, 4) is 11.4 Å². The lowest BCUT2D eigenvalue weighted by atomic mass is 9.96. The number of amides is 1. The van der Waals surface area contributed by atoms with Crippen LogP contribution < -0.4 is 16.4 Å². The quantitative estimate of drug-likeness (QED) is 0.469. The van der Waals surface area contributed by atoms with E-state index in [4.69, 9.17) is 11.5 Å². The molecular weight excluding hydrogens is 496 g/mol. The third-order valence-corrected chi connectivity index (χ3v) is 6.75. The molecule has 1 amide bonds. The summed E-state index contributed by atoms with van der Waals surface area (Å²) in [6.45, 7) is 6.21. The Hall–Kier alpha value is -3.52. The number of hydrogen-bond donors (Lipinski definition) is 2. The van der Waals surface area contributed by atoms with Gasteiger partial charge in [0.25, 0.3) is 6.43 Å². The number of piperazine rings is 1. The summed E-state index contributed by atoms with van der Waals surface area (Å²) in [7, 11) is 3.94. The molecule has 0 bridgehead atoms. The molecule has 2 aromatic rings. The van der Waals surface area contributed by atoms with Crippen molar-refractivity contribution in [1.82, 2.24) is 39.6 Å². The third-order valence-electron chi connectivity index (χ3n) is 6.75. The molecule has 0 aromatic carbocycles. The fraction of sp³-hybridized carbons (Fsp3) is 0.583. The van der Waals surface area contributed by atoms with Crippen LogP contribution in [0.5, 0.6) is 0 Å². The molecule has 14 heteroatoms. The van der Waals surface area contributed by atoms with Crippen molar-refractivity contribution < 1.29 is 13.6 Å². The second-order valence-corrected chi connectivity index (χ2v) is 9.87. The molecule has 2 saturated heterocycles. The van der Waals surface area contributed by atoms with E-state index in [9.17, 15) is 13.6 Å². The van der Waals surface area contributed by atoms with Crippen molar-refractivity contribution in [3.63, 3.8) is 0 Å². The first-order chi connectivity index (χ1) is 18.2. The minimum Gasteiger partial charge on any atom is -0.368 e. The van der Waals surface area contributed by atoms with Gasteiger partial charge in [0.05, 0.1) is 5.56 Å². The zero-order chi connectivity index (χ0) is 27.2. The lowest BCUT2D eigenvalue weighted by molar-refractivity contribution is -0.127. The molecule has 0 radical (unpaired) electrons. The molecule has 0 unspecified atom stereocenters. The predicted octanol–water partition coefficient (Wildman–Crippen LogP) is 0.909. The number of nitrogens with two attached hydrogens (primary N) is 2. The fourth-order valence-electron chi connectivity index (χ4n) is 4.69. The second-order valence-electron chi connectivity index (χ2n) is 9.87. The molecule has 2 aliphatic heterocycles. The number of halogens is 2. The molecule has 0 aliphatic carbocycles. The van der Waals surface area contributed by atoms with Gasteiger partial charge in [0.15, 0.2) is 5.82 Å². The van der Waals surface area contributed by atoms with Crippen LogP contribution in [0.25, 0.3) is 11.4 Å². The standard InChI is InChI=1S/C24H35F2N11O/c1-34(2)7-3-4-18(38)36-8-5-16(6-9-36)15-35-10-12-37(13-11-35)24-32-21(31-23(28)33-24)17-14-29-22(27)30-19(17)20(25)26/h3-4,14,16,20H,5-13,15H2,1-2H3,(H2,27,29,30)(H2,28,31,32,33)/b4-3+. The summed E-state index contributed by atoms with van der Waals surface area (Å²) >= 11 is 0. The highest BCUT2D eigenvalue weighted by atomic mass is 19.3. The number of likely N-dealkylation sites (N-methyl/N-ethyl adjacent to an activating group) is 1. The predicted molar refractivity (Wildman–Crippen MR) is 140 cm³/mol. The molecule has 2 aromatic heterocycles. The van der Waals surface area contributed by atoms with Crippen molar-refractivity contribution >= 4 is 23.8 Å². The van der Waals surface area contributed by atoms with Gasteiger partial charge in [-0.2, -0.15) is 15.0 Å². The first kappa shape index (κ1) is 27.5. The van der Waals surface area contributed by atoms with E-state index in [0.717, 1.165) is 52.1 Å². The van der Waals surface area contributed by atoms with Crippen LogP contribution in [0.4, 0.5) is 26.6 Å². The molecule has 4 N–H and O–H groups in total. The van der Waals surface area contributed by atoms with Crippen molar-refractivity contribution in [1.29, 1.82) is 0 Å². The molecule has 38 heavy (non-hydrogen) atoms. The van der Waals surface area contributed by atoms with Crippen LogP contribution in [0.15, 0.2) is 18.3 Å². The molecule has 206 valence electrons. The Kier molecular flexibility index (Phi) is 8.94. The molecule has 0 saturated carbocycles. The van der Waals surface area contributed by atoms with Crippen LogP contribution in [0.1, 0.15) is 25.0 Å². The van der Waals surface area contributed by atoms with Gasteiger partial charge in [0, 0.05) is 64.6 Å². The summed E-state index contributed by atoms with van der Waals surface area (Å²) < 4.78 is 27.1. The molecule has 2 fully saturated rings. The minimum absolute atomic E-state index is 0.0110. The maximum atomic E-state index is 13.5. The Bertz CT molecular complexity index is 1130. The van der Waals surface area contributed by atoms with Gasteiger partial charge in [-0.05, 0) is 32.9 Å². The topological polar surface area (TPSA) is 147 Å². The Morgan fingerprint density at radius 2 is 1.76 bits per heavy atom. The number of piperidine rings is 1. The van der Waals surface area contributed by atoms with Crippen LogP contribution >= 0.6 is 0 Å². The first-order valence-corrected chi connectivity index (χ1v) is 12.7. The number of nitrogen functional groups attached to an aromatic ring is 2. The average molecular weight is 532 g/mol. The SMILES string of the molecule is CN(C)C/C=C/C(=O)N1CCC(CN2CCN(c3nc(N)nc(-c4cnc(N)nc4C(F)F)n3)CC2)CC1. The van der Waals surface area contributed by atoms with Crippen molar-refractivity contribution in [2.75, 3.05) is 82.8 Å². The highest BCUT2D eigenvalue weighted by Crippen LogP contribution is 2.29. The van der Waals surface area contributed by atoms with Crippen molar-refractivity contribution in [2.24, 2.45) is 5.92 Å². The summed E-state index contributed by atoms with van der Waals surface area (Å²) in [6, 6.07) is 0. The number of rotatable bonds is 8. The van der Waals surface area contributed by atoms with Gasteiger partial charge in [-0.25, -0.2) is 18.7 Å². The van der Waals surface area contributed by atoms with Crippen molar-refractivity contribution in [3.05, 3.63) is 24.0 Å². The molecule has 12 nitrogen and oxygen atoms in total. The van der Waals surface area contributed by atoms with Gasteiger partial charge in [-0.1, -0.05) is 6.08 Å². The Morgan fingerprint density at radius 3 is 2.42 bits per heavy atom. The monoisotopic (exact) mass is 531 g/mol. The number of likely N-dealkylation sites (tertiary alicyclic amines) is 1. The zero-order valence-corrected chi connectivity index (χ0v) is 21.8. The number of anilines is 3. The van der Waals surface area contributed by atoms with E-state index in [0.29, 0.717) is 25.0 Å². The summed E-state index contributed by atoms with van der Waals surface area (Å²) in [6.07, 6.45) is 3.85. The normalized spacial score (nSPS) is 17.7. The van der Waals surface area contributed by atoms with Crippen LogP contribution in [0.3, 0.4) is 0 Å². The summed E-state index contributed by atoms with van der Waals surface area (Å²) in [5.41, 5.74) is 10.8. The van der Waals surface area contributed by atoms with E-state index in [1.165, 1.54) is 6.20 Å². The smallest absolute Gasteiger partial charge is 0.281 e. The summed E-state index contributed by atoms with van der Waals surface area (Å²) in [5, 5.41) is 0. The van der Waals surface area contributed by atoms with E-state index in [1.54, 1.807) is 6.08 Å². The number of aromatic nitrogens is 5. The largest absolute Gasteiger partial charge is 0.368 e. The van der Waals surface area contributed by atoms with Gasteiger partial charge in [0.1, 0.15) is 5.69 Å². The van der Waals surface area contributed by atoms with Gasteiger partial charge in [-0.15, -0.1) is 0 Å². The third kappa shape index (κ3) is 7.07. The fourth-order valence-corrected chi connectivity index (χ4v) is 4.69. The highest BCUT2D eigenvalue weighted by molar-refractivity contribution is 5.87. The van der Waals surface area contributed by atoms with Crippen LogP contribution in [-0.4, -0.2) is 112 Å². The van der Waals surface area contributed by atoms with Crippen molar-refractivity contribution in [2.45, 2.75) is 19.3 Å². The molecule has 0 atom stereocenters. The second kappa shape index (κ2) is 12.3. The van der Waals surface area contributed by atoms with E-state index in [2.05, 4.69) is 29.8 Å². The number of carbonyl (C=O) groups is 1. The van der Waals surface area contributed by atoms with Crippen LogP contribution in [0, 0.1) is 5.92 Å². The molecular formula is C24H35F2N11O. The maximum Gasteiger partial charge on any atom is 0.281 e. The lowest BCUT2D eigenvalue weighted by Crippen LogP contribution is -2.49. The average Bonchev–Trinajstić information content (AvgIpc) is 2.89. The van der Waals surface area contributed by atoms with E-state index in [-0.39, 0.29) is 29.2 Å².